The fourth-order valence-electron chi connectivity index (χ4n) is 1.19. The van der Waals surface area contributed by atoms with Crippen molar-refractivity contribution in [1.29, 1.82) is 0 Å². The van der Waals surface area contributed by atoms with Gasteiger partial charge in [-0.15, -0.1) is 0 Å². The molecule has 0 saturated heterocycles. The van der Waals surface area contributed by atoms with E-state index in [2.05, 4.69) is 19.7 Å². The molecule has 1 aromatic rings. The number of methoxy groups -OCH3 is 1. The van der Waals surface area contributed by atoms with Crippen molar-refractivity contribution in [3.8, 4) is 5.75 Å². The third-order valence-electron chi connectivity index (χ3n) is 1.89. The summed E-state index contributed by atoms with van der Waals surface area (Å²) in [4.78, 5) is 18.1. The Balaban J connectivity index is 3.08. The van der Waals surface area contributed by atoms with Crippen LogP contribution in [0.2, 0.25) is 0 Å². The Morgan fingerprint density at radius 2 is 2.35 bits per heavy atom. The molecule has 0 aromatic carbocycles. The van der Waals surface area contributed by atoms with E-state index in [4.69, 9.17) is 10.3 Å². The highest BCUT2D eigenvalue weighted by atomic mass is 16.5. The van der Waals surface area contributed by atoms with Crippen LogP contribution in [0.25, 0.3) is 10.4 Å². The fraction of sp³-hybridized carbons (Fsp3) is 0.400. The maximum atomic E-state index is 11.5. The summed E-state index contributed by atoms with van der Waals surface area (Å²) in [5, 5.41) is 3.37. The van der Waals surface area contributed by atoms with Gasteiger partial charge in [0.2, 0.25) is 0 Å². The zero-order valence-corrected chi connectivity index (χ0v) is 9.58. The van der Waals surface area contributed by atoms with Crippen LogP contribution < -0.4 is 4.74 Å². The average Bonchev–Trinajstić information content (AvgIpc) is 2.37. The van der Waals surface area contributed by atoms with Gasteiger partial charge in [0.05, 0.1) is 20.3 Å². The Morgan fingerprint density at radius 3 is 2.94 bits per heavy atom. The predicted molar refractivity (Wildman–Crippen MR) is 59.6 cm³/mol. The molecule has 1 aromatic heterocycles. The number of rotatable bonds is 5. The SMILES string of the molecule is CCOc1ccc(CN=[N+]=[N-])nc1C(=O)OC. The molecule has 0 aliphatic heterocycles. The summed E-state index contributed by atoms with van der Waals surface area (Å²) in [6.07, 6.45) is 0. The first-order valence-electron chi connectivity index (χ1n) is 4.94. The molecule has 0 amide bonds. The summed E-state index contributed by atoms with van der Waals surface area (Å²) in [5.41, 5.74) is 8.77. The maximum absolute atomic E-state index is 11.5. The highest BCUT2D eigenvalue weighted by Crippen LogP contribution is 2.18. The number of pyridine rings is 1. The van der Waals surface area contributed by atoms with E-state index < -0.39 is 5.97 Å². The van der Waals surface area contributed by atoms with Crippen molar-refractivity contribution in [2.45, 2.75) is 13.5 Å². The number of azide groups is 1. The van der Waals surface area contributed by atoms with E-state index in [1.165, 1.54) is 7.11 Å². The average molecular weight is 236 g/mol. The highest BCUT2D eigenvalue weighted by molar-refractivity contribution is 5.90. The van der Waals surface area contributed by atoms with Crippen molar-refractivity contribution in [2.24, 2.45) is 5.11 Å². The minimum absolute atomic E-state index is 0.0763. The van der Waals surface area contributed by atoms with Gasteiger partial charge in [-0.2, -0.15) is 0 Å². The van der Waals surface area contributed by atoms with Crippen LogP contribution in [0, 0.1) is 0 Å². The number of hydrogen-bond acceptors (Lipinski definition) is 5. The van der Waals surface area contributed by atoms with Gasteiger partial charge in [0.25, 0.3) is 0 Å². The second-order valence-corrected chi connectivity index (χ2v) is 2.96. The Morgan fingerprint density at radius 1 is 1.59 bits per heavy atom. The molecule has 1 rings (SSSR count). The molecule has 0 saturated carbocycles. The molecular weight excluding hydrogens is 224 g/mol. The van der Waals surface area contributed by atoms with E-state index in [0.29, 0.717) is 18.1 Å². The largest absolute Gasteiger partial charge is 0.491 e. The topological polar surface area (TPSA) is 97.2 Å². The molecule has 0 aliphatic rings. The van der Waals surface area contributed by atoms with Crippen LogP contribution in [0.1, 0.15) is 23.1 Å². The molecule has 0 unspecified atom stereocenters. The van der Waals surface area contributed by atoms with E-state index >= 15 is 0 Å². The highest BCUT2D eigenvalue weighted by Gasteiger charge is 2.15. The summed E-state index contributed by atoms with van der Waals surface area (Å²) in [5.74, 6) is -0.236. The normalized spacial score (nSPS) is 9.29. The first kappa shape index (κ1) is 12.8. The number of carbonyl (C=O) groups is 1. The molecule has 7 heteroatoms. The number of esters is 1. The van der Waals surface area contributed by atoms with E-state index in [1.54, 1.807) is 19.1 Å². The van der Waals surface area contributed by atoms with Gasteiger partial charge in [0.1, 0.15) is 0 Å². The van der Waals surface area contributed by atoms with Crippen molar-refractivity contribution in [3.63, 3.8) is 0 Å². The first-order chi connectivity index (χ1) is 8.22. The molecular formula is C10H12N4O3. The second-order valence-electron chi connectivity index (χ2n) is 2.96. The van der Waals surface area contributed by atoms with Crippen molar-refractivity contribution >= 4 is 5.97 Å². The smallest absolute Gasteiger partial charge is 0.360 e. The van der Waals surface area contributed by atoms with Crippen LogP contribution in [0.15, 0.2) is 17.2 Å². The van der Waals surface area contributed by atoms with Crippen molar-refractivity contribution in [2.75, 3.05) is 13.7 Å². The van der Waals surface area contributed by atoms with Gasteiger partial charge in [0, 0.05) is 10.6 Å². The van der Waals surface area contributed by atoms with Crippen LogP contribution in [0.3, 0.4) is 0 Å². The molecule has 0 N–H and O–H groups in total. The van der Waals surface area contributed by atoms with E-state index in [1.807, 2.05) is 0 Å². The van der Waals surface area contributed by atoms with Gasteiger partial charge in [-0.05, 0) is 24.6 Å². The Kier molecular flexibility index (Phi) is 4.77. The summed E-state index contributed by atoms with van der Waals surface area (Å²) in [6.45, 7) is 2.29. The van der Waals surface area contributed by atoms with E-state index in [0.717, 1.165) is 0 Å². The lowest BCUT2D eigenvalue weighted by molar-refractivity contribution is 0.0589. The Bertz CT molecular complexity index is 455. The number of aromatic nitrogens is 1. The molecule has 0 aliphatic carbocycles. The maximum Gasteiger partial charge on any atom is 0.360 e. The Labute approximate surface area is 98.0 Å². The van der Waals surface area contributed by atoms with Crippen molar-refractivity contribution < 1.29 is 14.3 Å². The van der Waals surface area contributed by atoms with Crippen LogP contribution in [0.4, 0.5) is 0 Å². The standard InChI is InChI=1S/C10H12N4O3/c1-3-17-8-5-4-7(6-12-14-11)13-9(8)10(15)16-2/h4-5H,3,6H2,1-2H3. The Hall–Kier alpha value is -2.27. The van der Waals surface area contributed by atoms with Gasteiger partial charge < -0.3 is 9.47 Å². The number of ether oxygens (including phenoxy) is 2. The number of hydrogen-bond donors (Lipinski definition) is 0. The number of carbonyl (C=O) groups excluding carboxylic acids is 1. The van der Waals surface area contributed by atoms with Gasteiger partial charge in [-0.3, -0.25) is 0 Å². The summed E-state index contributed by atoms with van der Waals surface area (Å²) < 4.78 is 9.85. The summed E-state index contributed by atoms with van der Waals surface area (Å²) in [6, 6.07) is 3.23. The summed E-state index contributed by atoms with van der Waals surface area (Å²) >= 11 is 0. The van der Waals surface area contributed by atoms with Crippen LogP contribution in [-0.2, 0) is 11.3 Å². The molecule has 1 heterocycles. The third-order valence-corrected chi connectivity index (χ3v) is 1.89. The van der Waals surface area contributed by atoms with Crippen LogP contribution >= 0.6 is 0 Å². The molecule has 0 atom stereocenters. The molecule has 0 spiro atoms. The quantitative estimate of drug-likeness (QED) is 0.338. The van der Waals surface area contributed by atoms with Crippen molar-refractivity contribution in [1.82, 2.24) is 4.98 Å². The predicted octanol–water partition coefficient (Wildman–Crippen LogP) is 2.08. The minimum atomic E-state index is -0.587. The monoisotopic (exact) mass is 236 g/mol. The minimum Gasteiger partial charge on any atom is -0.491 e. The van der Waals surface area contributed by atoms with Gasteiger partial charge in [-0.1, -0.05) is 5.11 Å². The zero-order valence-electron chi connectivity index (χ0n) is 9.58. The lowest BCUT2D eigenvalue weighted by Crippen LogP contribution is -2.09. The van der Waals surface area contributed by atoms with Gasteiger partial charge >= 0.3 is 5.97 Å². The molecule has 90 valence electrons. The van der Waals surface area contributed by atoms with Crippen molar-refractivity contribution in [3.05, 3.63) is 34.0 Å². The third kappa shape index (κ3) is 3.35. The molecule has 0 fully saturated rings. The summed E-state index contributed by atoms with van der Waals surface area (Å²) in [7, 11) is 1.26. The molecule has 7 nitrogen and oxygen atoms in total. The van der Waals surface area contributed by atoms with Crippen LogP contribution in [0.5, 0.6) is 5.75 Å². The zero-order chi connectivity index (χ0) is 12.7. The van der Waals surface area contributed by atoms with Gasteiger partial charge in [0.15, 0.2) is 11.4 Å². The van der Waals surface area contributed by atoms with Gasteiger partial charge in [-0.25, -0.2) is 9.78 Å². The van der Waals surface area contributed by atoms with Crippen LogP contribution in [-0.4, -0.2) is 24.7 Å². The molecule has 17 heavy (non-hydrogen) atoms. The van der Waals surface area contributed by atoms with E-state index in [-0.39, 0.29) is 12.2 Å². The second kappa shape index (κ2) is 6.34. The lowest BCUT2D eigenvalue weighted by Gasteiger charge is -2.08. The lowest BCUT2D eigenvalue weighted by atomic mass is 10.2. The molecule has 0 bridgehead atoms. The number of nitrogens with zero attached hydrogens (tertiary/aromatic N) is 4. The van der Waals surface area contributed by atoms with E-state index in [9.17, 15) is 4.79 Å². The molecule has 0 radical (unpaired) electrons. The first-order valence-corrected chi connectivity index (χ1v) is 4.94. The fourth-order valence-corrected chi connectivity index (χ4v) is 1.19.